The molecule has 7 atom stereocenters. The van der Waals surface area contributed by atoms with Crippen molar-refractivity contribution in [2.45, 2.75) is 77.8 Å². The summed E-state index contributed by atoms with van der Waals surface area (Å²) in [7, 11) is 2.88. The highest BCUT2D eigenvalue weighted by molar-refractivity contribution is 9.10. The zero-order chi connectivity index (χ0) is 35.3. The van der Waals surface area contributed by atoms with E-state index in [-0.39, 0.29) is 24.0 Å². The number of nitrogens with zero attached hydrogens (tertiary/aromatic N) is 1. The van der Waals surface area contributed by atoms with Crippen LogP contribution in [0.3, 0.4) is 0 Å². The molecule has 0 radical (unpaired) electrons. The molecule has 3 aromatic rings. The van der Waals surface area contributed by atoms with Gasteiger partial charge in [0.15, 0.2) is 6.10 Å². The number of esters is 1. The summed E-state index contributed by atoms with van der Waals surface area (Å²) in [4.78, 5) is 59.8. The van der Waals surface area contributed by atoms with Crippen molar-refractivity contribution in [3.05, 3.63) is 75.9 Å². The summed E-state index contributed by atoms with van der Waals surface area (Å²) in [5.41, 5.74) is 3.07. The second kappa shape index (κ2) is 15.8. The number of allylic oxidation sites excluding steroid dienone is 1. The average Bonchev–Trinajstić information content (AvgIpc) is 3.46. The highest BCUT2D eigenvalue weighted by Gasteiger charge is 2.38. The van der Waals surface area contributed by atoms with Crippen LogP contribution in [0.25, 0.3) is 10.9 Å². The zero-order valence-electron chi connectivity index (χ0n) is 28.4. The van der Waals surface area contributed by atoms with Crippen LogP contribution in [0.15, 0.2) is 64.8 Å². The summed E-state index contributed by atoms with van der Waals surface area (Å²) in [6.45, 7) is 8.99. The highest BCUT2D eigenvalue weighted by Crippen LogP contribution is 2.31. The Hall–Kier alpha value is -4.16. The Labute approximate surface area is 289 Å². The van der Waals surface area contributed by atoms with E-state index in [4.69, 9.17) is 9.47 Å². The van der Waals surface area contributed by atoms with Gasteiger partial charge in [0.1, 0.15) is 23.9 Å². The van der Waals surface area contributed by atoms with E-state index in [0.717, 1.165) is 22.0 Å². The number of para-hydroxylation sites is 1. The molecule has 3 amide bonds. The lowest BCUT2D eigenvalue weighted by atomic mass is 9.95. The van der Waals surface area contributed by atoms with Crippen molar-refractivity contribution in [3.8, 4) is 5.75 Å². The number of phenols is 1. The molecular weight excluding hydrogens is 680 g/mol. The van der Waals surface area contributed by atoms with Gasteiger partial charge >= 0.3 is 5.97 Å². The molecule has 1 aromatic heterocycles. The average molecular weight is 726 g/mol. The van der Waals surface area contributed by atoms with E-state index in [9.17, 15) is 24.3 Å². The fourth-order valence-corrected chi connectivity index (χ4v) is 6.44. The summed E-state index contributed by atoms with van der Waals surface area (Å²) < 4.78 is 11.9. The van der Waals surface area contributed by atoms with Crippen LogP contribution in [0.1, 0.15) is 58.2 Å². The number of aromatic nitrogens is 1. The number of aromatic amines is 1. The summed E-state index contributed by atoms with van der Waals surface area (Å²) in [6.07, 6.45) is 2.49. The molecule has 0 spiro atoms. The van der Waals surface area contributed by atoms with Gasteiger partial charge in [-0.25, -0.2) is 4.79 Å². The molecule has 1 aliphatic rings. The third-order valence-electron chi connectivity index (χ3n) is 9.02. The number of ether oxygens (including phenoxy) is 2. The highest BCUT2D eigenvalue weighted by atomic mass is 79.9. The fourth-order valence-electron chi connectivity index (χ4n) is 6.04. The maximum atomic E-state index is 14.4. The smallest absolute Gasteiger partial charge is 0.338 e. The van der Waals surface area contributed by atoms with E-state index in [0.29, 0.717) is 16.5 Å². The SMILES string of the molecule is CO[C@@H]1C(=O)O[C@H](C)[C@@H](C)C=C(C)C[C@H](C)C(=O)N[C@@H](C)C(=O)N(C)[C@H](Cc2c[nH]c3ccccc23)C(=O)NC1c1ccc(O)c(Br)c1. The molecular formula is C36H45BrN4O7. The van der Waals surface area contributed by atoms with Crippen molar-refractivity contribution < 1.29 is 33.8 Å². The summed E-state index contributed by atoms with van der Waals surface area (Å²) in [5, 5.41) is 16.9. The van der Waals surface area contributed by atoms with Gasteiger partial charge in [0, 0.05) is 49.5 Å². The fraction of sp³-hybridized carbons (Fsp3) is 0.444. The maximum absolute atomic E-state index is 14.4. The summed E-state index contributed by atoms with van der Waals surface area (Å²) in [5.74, 6) is -2.67. The van der Waals surface area contributed by atoms with Gasteiger partial charge in [0.25, 0.3) is 0 Å². The number of methoxy groups -OCH3 is 1. The minimum atomic E-state index is -1.28. The molecule has 0 saturated heterocycles. The summed E-state index contributed by atoms with van der Waals surface area (Å²) >= 11 is 3.33. The number of phenolic OH excluding ortho intramolecular Hbond substituents is 1. The van der Waals surface area contributed by atoms with Crippen molar-refractivity contribution in [2.75, 3.05) is 14.2 Å². The lowest BCUT2D eigenvalue weighted by Crippen LogP contribution is -2.56. The van der Waals surface area contributed by atoms with Crippen LogP contribution in [0.4, 0.5) is 0 Å². The van der Waals surface area contributed by atoms with Crippen LogP contribution in [0, 0.1) is 11.8 Å². The quantitative estimate of drug-likeness (QED) is 0.220. The lowest BCUT2D eigenvalue weighted by molar-refractivity contribution is -0.164. The second-order valence-electron chi connectivity index (χ2n) is 12.7. The number of carbonyl (C=O) groups is 4. The van der Waals surface area contributed by atoms with Gasteiger partial charge in [0.2, 0.25) is 17.7 Å². The number of carbonyl (C=O) groups excluding carboxylic acids is 4. The molecule has 0 fully saturated rings. The number of aromatic hydroxyl groups is 1. The molecule has 48 heavy (non-hydrogen) atoms. The number of cyclic esters (lactones) is 1. The first-order valence-electron chi connectivity index (χ1n) is 16.0. The Morgan fingerprint density at radius 2 is 1.73 bits per heavy atom. The number of fused-ring (bicyclic) bond motifs is 1. The number of hydrogen-bond donors (Lipinski definition) is 4. The minimum Gasteiger partial charge on any atom is -0.507 e. The number of benzene rings is 2. The van der Waals surface area contributed by atoms with E-state index < -0.39 is 54.0 Å². The number of nitrogens with one attached hydrogen (secondary N) is 3. The van der Waals surface area contributed by atoms with Gasteiger partial charge in [0.05, 0.1) is 10.5 Å². The summed E-state index contributed by atoms with van der Waals surface area (Å²) in [6, 6.07) is 9.20. The van der Waals surface area contributed by atoms with Crippen molar-refractivity contribution in [3.63, 3.8) is 0 Å². The van der Waals surface area contributed by atoms with Gasteiger partial charge < -0.3 is 35.1 Å². The van der Waals surface area contributed by atoms with E-state index >= 15 is 0 Å². The zero-order valence-corrected chi connectivity index (χ0v) is 30.0. The van der Waals surface area contributed by atoms with Crippen molar-refractivity contribution in [1.29, 1.82) is 0 Å². The lowest BCUT2D eigenvalue weighted by Gasteiger charge is -2.33. The molecule has 4 N–H and O–H groups in total. The van der Waals surface area contributed by atoms with Crippen LogP contribution in [0.2, 0.25) is 0 Å². The predicted octanol–water partition coefficient (Wildman–Crippen LogP) is 4.94. The van der Waals surface area contributed by atoms with Gasteiger partial charge in [-0.05, 0) is 72.4 Å². The topological polar surface area (TPSA) is 150 Å². The first-order valence-corrected chi connectivity index (χ1v) is 16.8. The number of halogens is 1. The van der Waals surface area contributed by atoms with E-state index in [1.54, 1.807) is 39.1 Å². The van der Waals surface area contributed by atoms with Crippen molar-refractivity contribution in [1.82, 2.24) is 20.5 Å². The maximum Gasteiger partial charge on any atom is 0.338 e. The Bertz CT molecular complexity index is 1690. The van der Waals surface area contributed by atoms with Crippen LogP contribution in [0.5, 0.6) is 5.75 Å². The number of rotatable bonds is 4. The van der Waals surface area contributed by atoms with E-state index in [1.165, 1.54) is 25.1 Å². The molecule has 2 aromatic carbocycles. The van der Waals surface area contributed by atoms with E-state index in [2.05, 4.69) is 31.5 Å². The van der Waals surface area contributed by atoms with Crippen LogP contribution >= 0.6 is 15.9 Å². The standard InChI is InChI=1S/C36H45BrN4O7/c1-19-14-20(2)23(5)48-36(46)32(47-7)31(24-12-13-30(42)27(37)16-24)40-34(44)29(17-25-18-38-28-11-9-8-10-26(25)28)41(6)35(45)22(4)39-33(43)21(3)15-19/h8-14,16,18,20-23,29,31-32,38,42H,15,17H2,1-7H3,(H,39,43)(H,40,44)/t20-,21-,22-,23+,29+,31?,32-/m0/s1. The molecule has 2 heterocycles. The van der Waals surface area contributed by atoms with Gasteiger partial charge in [-0.2, -0.15) is 0 Å². The second-order valence-corrected chi connectivity index (χ2v) is 13.6. The predicted molar refractivity (Wildman–Crippen MR) is 186 cm³/mol. The Balaban J connectivity index is 1.82. The molecule has 0 saturated carbocycles. The van der Waals surface area contributed by atoms with Gasteiger partial charge in [-0.3, -0.25) is 14.4 Å². The Morgan fingerprint density at radius 3 is 2.42 bits per heavy atom. The molecule has 4 rings (SSSR count). The Kier molecular flexibility index (Phi) is 12.1. The first kappa shape index (κ1) is 36.7. The van der Waals surface area contributed by atoms with Crippen LogP contribution in [-0.4, -0.2) is 77.1 Å². The minimum absolute atomic E-state index is 0.0284. The van der Waals surface area contributed by atoms with E-state index in [1.807, 2.05) is 44.2 Å². The molecule has 11 nitrogen and oxygen atoms in total. The monoisotopic (exact) mass is 724 g/mol. The number of hydrogen-bond acceptors (Lipinski definition) is 7. The Morgan fingerprint density at radius 1 is 1.02 bits per heavy atom. The molecule has 0 aliphatic carbocycles. The third-order valence-corrected chi connectivity index (χ3v) is 9.65. The van der Waals surface area contributed by atoms with Crippen LogP contribution < -0.4 is 10.6 Å². The van der Waals surface area contributed by atoms with Gasteiger partial charge in [-0.15, -0.1) is 0 Å². The molecule has 1 unspecified atom stereocenters. The number of amides is 3. The molecule has 12 heteroatoms. The normalized spacial score (nSPS) is 27.0. The molecule has 1 aliphatic heterocycles. The third kappa shape index (κ3) is 8.46. The number of likely N-dealkylation sites (N-methyl/N-ethyl adjacent to an activating group) is 1. The molecule has 0 bridgehead atoms. The van der Waals surface area contributed by atoms with Crippen LogP contribution in [-0.2, 0) is 35.1 Å². The largest absolute Gasteiger partial charge is 0.507 e. The van der Waals surface area contributed by atoms with Crippen molar-refractivity contribution >= 4 is 50.5 Å². The first-order chi connectivity index (χ1) is 22.7. The number of H-pyrrole nitrogens is 1. The molecule has 258 valence electrons. The van der Waals surface area contributed by atoms with Gasteiger partial charge in [-0.1, -0.05) is 49.8 Å². The van der Waals surface area contributed by atoms with Crippen molar-refractivity contribution in [2.24, 2.45) is 11.8 Å².